The summed E-state index contributed by atoms with van der Waals surface area (Å²) in [4.78, 5) is 12.7. The van der Waals surface area contributed by atoms with Gasteiger partial charge in [-0.1, -0.05) is 147 Å². The summed E-state index contributed by atoms with van der Waals surface area (Å²) in [7, 11) is -4.32. The number of amides is 1. The van der Waals surface area contributed by atoms with Gasteiger partial charge in [0, 0.05) is 32.4 Å². The minimum Gasteiger partial charge on any atom is -0.450 e. The Morgan fingerprint density at radius 1 is 0.667 bits per heavy atom. The lowest BCUT2D eigenvalue weighted by Gasteiger charge is -2.29. The SMILES string of the molecule is CCO[Si](CCCNC(=O)OCCCC(C)(C)C1=CC(P(c2ccccc2)c2ccccc2)=C(P(c2ccccc2)c2ccccc2)C1)(OCC)OCC. The summed E-state index contributed by atoms with van der Waals surface area (Å²) < 4.78 is 23.5. The van der Waals surface area contributed by atoms with Crippen molar-refractivity contribution in [2.24, 2.45) is 5.41 Å². The van der Waals surface area contributed by atoms with E-state index < -0.39 is 24.6 Å². The Labute approximate surface area is 327 Å². The monoisotopic (exact) mass is 781 g/mol. The maximum atomic E-state index is 12.7. The Hall–Kier alpha value is -3.41. The normalized spacial score (nSPS) is 13.4. The maximum Gasteiger partial charge on any atom is 0.500 e. The molecule has 0 unspecified atom stereocenters. The number of carbonyl (C=O) groups is 1. The van der Waals surface area contributed by atoms with Crippen LogP contribution in [0.25, 0.3) is 0 Å². The Kier molecular flexibility index (Phi) is 16.3. The number of hydrogen-bond acceptors (Lipinski definition) is 5. The number of alkyl carbamates (subject to hydrolysis) is 1. The zero-order valence-electron chi connectivity index (χ0n) is 32.6. The van der Waals surface area contributed by atoms with Crippen LogP contribution in [-0.4, -0.2) is 47.9 Å². The molecule has 0 aromatic heterocycles. The van der Waals surface area contributed by atoms with Crippen LogP contribution in [0.4, 0.5) is 4.79 Å². The van der Waals surface area contributed by atoms with E-state index >= 15 is 0 Å². The van der Waals surface area contributed by atoms with Gasteiger partial charge in [-0.05, 0) is 99.6 Å². The van der Waals surface area contributed by atoms with Gasteiger partial charge in [0.2, 0.25) is 0 Å². The Morgan fingerprint density at radius 3 is 1.56 bits per heavy atom. The molecular weight excluding hydrogens is 725 g/mol. The molecular formula is C45H57NO5P2Si. The third-order valence-corrected chi connectivity index (χ3v) is 18.0. The minimum atomic E-state index is -2.73. The smallest absolute Gasteiger partial charge is 0.450 e. The molecule has 0 atom stereocenters. The summed E-state index contributed by atoms with van der Waals surface area (Å²) in [6, 6.07) is 44.9. The van der Waals surface area contributed by atoms with Crippen LogP contribution in [0.15, 0.2) is 144 Å². The van der Waals surface area contributed by atoms with Crippen LogP contribution in [-0.2, 0) is 18.0 Å². The number of rotatable bonds is 21. The molecule has 54 heavy (non-hydrogen) atoms. The van der Waals surface area contributed by atoms with Crippen LogP contribution in [0.5, 0.6) is 0 Å². The first-order valence-corrected chi connectivity index (χ1v) is 24.0. The zero-order chi connectivity index (χ0) is 38.2. The third kappa shape index (κ3) is 11.3. The number of nitrogens with one attached hydrogen (secondary N) is 1. The van der Waals surface area contributed by atoms with Crippen molar-refractivity contribution in [3.63, 3.8) is 0 Å². The third-order valence-electron chi connectivity index (χ3n) is 9.60. The molecule has 1 N–H and O–H groups in total. The van der Waals surface area contributed by atoms with Crippen LogP contribution in [0, 0.1) is 5.41 Å². The second-order valence-corrected chi connectivity index (χ2v) is 21.0. The number of allylic oxidation sites excluding steroid dienone is 4. The number of ether oxygens (including phenoxy) is 1. The summed E-state index contributed by atoms with van der Waals surface area (Å²) in [5.74, 6) is 0. The first-order chi connectivity index (χ1) is 26.3. The van der Waals surface area contributed by atoms with Crippen LogP contribution in [0.3, 0.4) is 0 Å². The lowest BCUT2D eigenvalue weighted by atomic mass is 9.79. The molecule has 4 aromatic rings. The highest BCUT2D eigenvalue weighted by Gasteiger charge is 2.40. The quantitative estimate of drug-likeness (QED) is 0.0519. The Bertz CT molecular complexity index is 1690. The number of carbonyl (C=O) groups excluding carboxylic acids is 1. The van der Waals surface area contributed by atoms with E-state index in [1.54, 1.807) is 0 Å². The van der Waals surface area contributed by atoms with Crippen molar-refractivity contribution in [1.29, 1.82) is 0 Å². The molecule has 0 spiro atoms. The van der Waals surface area contributed by atoms with Gasteiger partial charge in [0.25, 0.3) is 0 Å². The molecule has 286 valence electrons. The van der Waals surface area contributed by atoms with Crippen LogP contribution >= 0.6 is 15.8 Å². The van der Waals surface area contributed by atoms with Crippen molar-refractivity contribution < 1.29 is 22.8 Å². The molecule has 5 rings (SSSR count). The molecule has 0 fully saturated rings. The highest BCUT2D eigenvalue weighted by Crippen LogP contribution is 2.61. The average Bonchev–Trinajstić information content (AvgIpc) is 3.62. The van der Waals surface area contributed by atoms with Crippen molar-refractivity contribution in [2.75, 3.05) is 33.0 Å². The number of hydrogen-bond donors (Lipinski definition) is 1. The van der Waals surface area contributed by atoms with Gasteiger partial charge in [-0.3, -0.25) is 0 Å². The van der Waals surface area contributed by atoms with Crippen LogP contribution in [0.2, 0.25) is 6.04 Å². The fraction of sp³-hybridized carbons (Fsp3) is 0.356. The lowest BCUT2D eigenvalue weighted by molar-refractivity contribution is 0.0706. The molecule has 4 aromatic carbocycles. The van der Waals surface area contributed by atoms with E-state index in [9.17, 15) is 4.79 Å². The van der Waals surface area contributed by atoms with Crippen molar-refractivity contribution >= 4 is 52.0 Å². The van der Waals surface area contributed by atoms with Gasteiger partial charge in [-0.2, -0.15) is 0 Å². The van der Waals surface area contributed by atoms with Crippen LogP contribution in [0.1, 0.15) is 60.3 Å². The topological polar surface area (TPSA) is 66.0 Å². The van der Waals surface area contributed by atoms with Crippen LogP contribution < -0.4 is 26.5 Å². The molecule has 1 aliphatic carbocycles. The van der Waals surface area contributed by atoms with Gasteiger partial charge in [-0.25, -0.2) is 4.79 Å². The molecule has 0 bridgehead atoms. The standard InChI is InChI=1S/C45H57NO5P2Si/c1-6-49-54(50-7-2,51-8-3)34-22-32-46-44(47)48-33-21-31-45(4,5)37-35-42(52(38-23-13-9-14-24-38)39-25-15-10-16-26-39)43(36-37)53(40-27-17-11-18-28-40)41-29-19-12-20-30-41/h9-20,23-30,35H,6-8,21-22,31-34,36H2,1-5H3,(H,46,47). The zero-order valence-corrected chi connectivity index (χ0v) is 35.4. The van der Waals surface area contributed by atoms with Gasteiger partial charge in [0.1, 0.15) is 0 Å². The molecule has 0 saturated heterocycles. The molecule has 1 amide bonds. The van der Waals surface area contributed by atoms with Gasteiger partial charge < -0.3 is 23.3 Å². The fourth-order valence-electron chi connectivity index (χ4n) is 6.98. The first-order valence-electron chi connectivity index (χ1n) is 19.4. The second kappa shape index (κ2) is 21.0. The molecule has 0 saturated carbocycles. The highest BCUT2D eigenvalue weighted by molar-refractivity contribution is 7.80. The van der Waals surface area contributed by atoms with E-state index in [1.807, 2.05) is 20.8 Å². The predicted molar refractivity (Wildman–Crippen MR) is 230 cm³/mol. The average molecular weight is 782 g/mol. The van der Waals surface area contributed by atoms with E-state index in [-0.39, 0.29) is 11.5 Å². The molecule has 6 nitrogen and oxygen atoms in total. The summed E-state index contributed by atoms with van der Waals surface area (Å²) in [6.45, 7) is 13.0. The molecule has 0 aliphatic heterocycles. The van der Waals surface area contributed by atoms with E-state index in [1.165, 1.54) is 37.4 Å². The molecule has 1 aliphatic rings. The molecule has 0 heterocycles. The lowest BCUT2D eigenvalue weighted by Crippen LogP contribution is -2.46. The van der Waals surface area contributed by atoms with Gasteiger partial charge in [0.15, 0.2) is 0 Å². The second-order valence-electron chi connectivity index (χ2n) is 13.8. The van der Waals surface area contributed by atoms with Gasteiger partial charge in [-0.15, -0.1) is 0 Å². The summed E-state index contributed by atoms with van der Waals surface area (Å²) >= 11 is 0. The van der Waals surface area contributed by atoms with E-state index in [2.05, 4.69) is 147 Å². The van der Waals surface area contributed by atoms with Crippen molar-refractivity contribution in [3.05, 3.63) is 144 Å². The van der Waals surface area contributed by atoms with Crippen molar-refractivity contribution in [3.8, 4) is 0 Å². The van der Waals surface area contributed by atoms with Gasteiger partial charge >= 0.3 is 14.9 Å². The fourth-order valence-corrected chi connectivity index (χ4v) is 15.1. The molecule has 9 heteroatoms. The predicted octanol–water partition coefficient (Wildman–Crippen LogP) is 9.77. The Morgan fingerprint density at radius 2 is 1.11 bits per heavy atom. The Balaban J connectivity index is 1.32. The largest absolute Gasteiger partial charge is 0.500 e. The highest BCUT2D eigenvalue weighted by atomic mass is 31.1. The van der Waals surface area contributed by atoms with Gasteiger partial charge in [0.05, 0.1) is 6.61 Å². The van der Waals surface area contributed by atoms with E-state index in [4.69, 9.17) is 18.0 Å². The van der Waals surface area contributed by atoms with Crippen molar-refractivity contribution in [2.45, 2.75) is 66.3 Å². The maximum absolute atomic E-state index is 12.7. The van der Waals surface area contributed by atoms with Crippen molar-refractivity contribution in [1.82, 2.24) is 5.32 Å². The number of benzene rings is 4. The minimum absolute atomic E-state index is 0.0958. The summed E-state index contributed by atoms with van der Waals surface area (Å²) in [6.07, 6.45) is 5.46. The summed E-state index contributed by atoms with van der Waals surface area (Å²) in [5.41, 5.74) is 1.35. The van der Waals surface area contributed by atoms with E-state index in [0.717, 1.165) is 19.3 Å². The summed E-state index contributed by atoms with van der Waals surface area (Å²) in [5, 5.41) is 11.4. The van der Waals surface area contributed by atoms with E-state index in [0.29, 0.717) is 45.4 Å². The first kappa shape index (κ1) is 41.7. The molecule has 0 radical (unpaired) electrons.